The molecule has 0 radical (unpaired) electrons. The summed E-state index contributed by atoms with van der Waals surface area (Å²) in [6, 6.07) is 0. The van der Waals surface area contributed by atoms with Crippen molar-refractivity contribution in [3.63, 3.8) is 0 Å². The minimum Gasteiger partial charge on any atom is -0.546 e. The van der Waals surface area contributed by atoms with Crippen LogP contribution in [0.15, 0.2) is 46.8 Å². The van der Waals surface area contributed by atoms with Crippen LogP contribution in [0, 0.1) is 5.92 Å². The summed E-state index contributed by atoms with van der Waals surface area (Å²) < 4.78 is 6.56. The SMILES string of the molecule is C/C(=C\CC/C(C)=C/CC/C(C)=C/C=C(\O[Si](C)(C)C(C)(C)C)C(C)C)CCl. The summed E-state index contributed by atoms with van der Waals surface area (Å²) in [6.07, 6.45) is 13.5. The van der Waals surface area contributed by atoms with Crippen LogP contribution in [0.25, 0.3) is 0 Å². The van der Waals surface area contributed by atoms with E-state index in [1.165, 1.54) is 16.7 Å². The van der Waals surface area contributed by atoms with E-state index in [-0.39, 0.29) is 5.04 Å². The van der Waals surface area contributed by atoms with E-state index in [2.05, 4.69) is 92.8 Å². The molecule has 0 aliphatic carbocycles. The third-order valence-corrected chi connectivity index (χ3v) is 10.3. The lowest BCUT2D eigenvalue weighted by atomic mass is 10.1. The molecule has 0 amide bonds. The molecule has 0 saturated carbocycles. The molecule has 1 nitrogen and oxygen atoms in total. The highest BCUT2D eigenvalue weighted by molar-refractivity contribution is 6.74. The van der Waals surface area contributed by atoms with Gasteiger partial charge in [0, 0.05) is 11.8 Å². The summed E-state index contributed by atoms with van der Waals surface area (Å²) in [6.45, 7) is 22.5. The van der Waals surface area contributed by atoms with Crippen LogP contribution >= 0.6 is 11.6 Å². The highest BCUT2D eigenvalue weighted by atomic mass is 35.5. The van der Waals surface area contributed by atoms with E-state index >= 15 is 0 Å². The van der Waals surface area contributed by atoms with E-state index in [9.17, 15) is 0 Å². The third-order valence-electron chi connectivity index (χ3n) is 5.55. The first-order valence-corrected chi connectivity index (χ1v) is 14.2. The number of hydrogen-bond acceptors (Lipinski definition) is 1. The molecule has 0 aromatic carbocycles. The standard InChI is InChI=1S/C25H45ClOSi/c1-20(2)24(27-28(9,10)25(6,7)8)18-17-22(4)15-11-13-21(3)14-12-16-23(5)19-26/h13,16-18,20H,11-12,14-15,19H2,1-10H3/b21-13+,22-17+,23-16+,24-18-. The van der Waals surface area contributed by atoms with Gasteiger partial charge in [0.1, 0.15) is 0 Å². The Kier molecular flexibility index (Phi) is 12.4. The van der Waals surface area contributed by atoms with Crippen molar-refractivity contribution in [3.05, 3.63) is 46.8 Å². The number of hydrogen-bond donors (Lipinski definition) is 0. The van der Waals surface area contributed by atoms with E-state index in [4.69, 9.17) is 16.0 Å². The normalized spacial score (nSPS) is 15.4. The van der Waals surface area contributed by atoms with Crippen molar-refractivity contribution in [2.75, 3.05) is 5.88 Å². The second-order valence-corrected chi connectivity index (χ2v) is 14.9. The maximum Gasteiger partial charge on any atom is 0.250 e. The average molecular weight is 425 g/mol. The maximum absolute atomic E-state index is 6.56. The van der Waals surface area contributed by atoms with Crippen molar-refractivity contribution in [2.24, 2.45) is 5.92 Å². The van der Waals surface area contributed by atoms with Crippen molar-refractivity contribution < 1.29 is 4.43 Å². The third kappa shape index (κ3) is 11.3. The van der Waals surface area contributed by atoms with Gasteiger partial charge in [0.15, 0.2) is 0 Å². The van der Waals surface area contributed by atoms with Gasteiger partial charge in [-0.25, -0.2) is 0 Å². The van der Waals surface area contributed by atoms with Crippen LogP contribution in [-0.4, -0.2) is 14.2 Å². The van der Waals surface area contributed by atoms with E-state index in [0.29, 0.717) is 11.8 Å². The Labute approximate surface area is 182 Å². The highest BCUT2D eigenvalue weighted by Gasteiger charge is 2.39. The molecule has 0 bridgehead atoms. The minimum atomic E-state index is -1.79. The zero-order valence-corrected chi connectivity index (χ0v) is 22.0. The molecular weight excluding hydrogens is 380 g/mol. The lowest BCUT2D eigenvalue weighted by molar-refractivity contribution is 0.338. The lowest BCUT2D eigenvalue weighted by Gasteiger charge is -2.38. The Balaban J connectivity index is 4.80. The predicted molar refractivity (Wildman–Crippen MR) is 132 cm³/mol. The molecule has 28 heavy (non-hydrogen) atoms. The van der Waals surface area contributed by atoms with E-state index in [1.807, 2.05) is 0 Å². The lowest BCUT2D eigenvalue weighted by Crippen LogP contribution is -2.41. The summed E-state index contributed by atoms with van der Waals surface area (Å²) >= 11 is 5.81. The Morgan fingerprint density at radius 1 is 0.893 bits per heavy atom. The Bertz CT molecular complexity index is 586. The quantitative estimate of drug-likeness (QED) is 0.105. The fraction of sp³-hybridized carbons (Fsp3) is 0.680. The first-order chi connectivity index (χ1) is 12.8. The van der Waals surface area contributed by atoms with Gasteiger partial charge in [0.25, 0.3) is 0 Å². The second-order valence-electron chi connectivity index (χ2n) is 9.91. The number of allylic oxidation sites excluding steroid dienone is 8. The molecule has 3 heteroatoms. The largest absolute Gasteiger partial charge is 0.546 e. The summed E-state index contributed by atoms with van der Waals surface area (Å²) in [7, 11) is -1.79. The summed E-state index contributed by atoms with van der Waals surface area (Å²) in [5.41, 5.74) is 4.13. The van der Waals surface area contributed by atoms with E-state index in [1.54, 1.807) is 0 Å². The van der Waals surface area contributed by atoms with Crippen LogP contribution in [0.4, 0.5) is 0 Å². The molecule has 0 rings (SSSR count). The zero-order valence-electron chi connectivity index (χ0n) is 20.2. The molecular formula is C25H45ClOSi. The molecule has 0 aliphatic rings. The fourth-order valence-electron chi connectivity index (χ4n) is 2.35. The highest BCUT2D eigenvalue weighted by Crippen LogP contribution is 2.38. The Morgan fingerprint density at radius 2 is 1.39 bits per heavy atom. The fourth-order valence-corrected chi connectivity index (χ4v) is 3.66. The van der Waals surface area contributed by atoms with Gasteiger partial charge in [-0.05, 0) is 70.7 Å². The first kappa shape index (κ1) is 27.3. The number of halogens is 1. The van der Waals surface area contributed by atoms with Crippen LogP contribution in [0.3, 0.4) is 0 Å². The van der Waals surface area contributed by atoms with Crippen molar-refractivity contribution in [1.29, 1.82) is 0 Å². The van der Waals surface area contributed by atoms with Gasteiger partial charge >= 0.3 is 0 Å². The molecule has 0 aromatic rings. The van der Waals surface area contributed by atoms with Crippen LogP contribution in [0.1, 0.15) is 81.1 Å². The van der Waals surface area contributed by atoms with Crippen molar-refractivity contribution in [2.45, 2.75) is 99.2 Å². The van der Waals surface area contributed by atoms with Crippen molar-refractivity contribution >= 4 is 19.9 Å². The van der Waals surface area contributed by atoms with Gasteiger partial charge in [-0.3, -0.25) is 0 Å². The molecule has 162 valence electrons. The summed E-state index contributed by atoms with van der Waals surface area (Å²) in [5, 5.41) is 0.222. The van der Waals surface area contributed by atoms with Gasteiger partial charge in [0.2, 0.25) is 8.32 Å². The van der Waals surface area contributed by atoms with E-state index in [0.717, 1.165) is 31.4 Å². The molecule has 0 aliphatic heterocycles. The van der Waals surface area contributed by atoms with Gasteiger partial charge in [-0.2, -0.15) is 0 Å². The molecule has 0 unspecified atom stereocenters. The average Bonchev–Trinajstić information content (AvgIpc) is 2.57. The number of rotatable bonds is 11. The van der Waals surface area contributed by atoms with Gasteiger partial charge in [-0.1, -0.05) is 69.6 Å². The van der Waals surface area contributed by atoms with Gasteiger partial charge < -0.3 is 4.43 Å². The van der Waals surface area contributed by atoms with Gasteiger partial charge in [0.05, 0.1) is 5.76 Å². The Morgan fingerprint density at radius 3 is 1.86 bits per heavy atom. The molecule has 0 aromatic heterocycles. The first-order valence-electron chi connectivity index (χ1n) is 10.7. The van der Waals surface area contributed by atoms with Crippen LogP contribution in [0.5, 0.6) is 0 Å². The van der Waals surface area contributed by atoms with Crippen LogP contribution in [-0.2, 0) is 4.43 Å². The number of alkyl halides is 1. The summed E-state index contributed by atoms with van der Waals surface area (Å²) in [5.74, 6) is 2.17. The molecule has 0 spiro atoms. The molecule has 0 fully saturated rings. The summed E-state index contributed by atoms with van der Waals surface area (Å²) in [4.78, 5) is 0. The predicted octanol–water partition coefficient (Wildman–Crippen LogP) is 9.19. The second kappa shape index (κ2) is 12.7. The van der Waals surface area contributed by atoms with Crippen LogP contribution < -0.4 is 0 Å². The van der Waals surface area contributed by atoms with Gasteiger partial charge in [-0.15, -0.1) is 11.6 Å². The monoisotopic (exact) mass is 424 g/mol. The van der Waals surface area contributed by atoms with Crippen molar-refractivity contribution in [3.8, 4) is 0 Å². The van der Waals surface area contributed by atoms with E-state index < -0.39 is 8.32 Å². The molecule has 0 atom stereocenters. The smallest absolute Gasteiger partial charge is 0.250 e. The van der Waals surface area contributed by atoms with Crippen LogP contribution in [0.2, 0.25) is 18.1 Å². The molecule has 0 saturated heterocycles. The topological polar surface area (TPSA) is 9.23 Å². The minimum absolute atomic E-state index is 0.222. The maximum atomic E-state index is 6.56. The zero-order chi connectivity index (χ0) is 22.0. The molecule has 0 heterocycles. The van der Waals surface area contributed by atoms with Crippen molar-refractivity contribution in [1.82, 2.24) is 0 Å². The molecule has 0 N–H and O–H groups in total. The Hall–Kier alpha value is -0.733.